The lowest BCUT2D eigenvalue weighted by molar-refractivity contribution is 0.430. The topological polar surface area (TPSA) is 51.8 Å². The van der Waals surface area contributed by atoms with Crippen LogP contribution in [0.4, 0.5) is 0 Å². The van der Waals surface area contributed by atoms with Gasteiger partial charge in [0, 0.05) is 16.9 Å². The Morgan fingerprint density at radius 3 is 2.85 bits per heavy atom. The fraction of sp³-hybridized carbons (Fsp3) is 0. The van der Waals surface area contributed by atoms with E-state index >= 15 is 0 Å². The van der Waals surface area contributed by atoms with E-state index in [1.54, 1.807) is 12.4 Å². The van der Waals surface area contributed by atoms with Gasteiger partial charge in [-0.3, -0.25) is 4.98 Å². The monoisotopic (exact) mass is 259 g/mol. The molecule has 0 saturated heterocycles. The summed E-state index contributed by atoms with van der Waals surface area (Å²) in [6.07, 6.45) is 3.29. The maximum absolute atomic E-state index is 5.50. The summed E-state index contributed by atoms with van der Waals surface area (Å²) in [5, 5.41) is 3.55. The first-order valence-electron chi connectivity index (χ1n) is 3.36. The average Bonchev–Trinajstić information content (AvgIpc) is 2.52. The van der Waals surface area contributed by atoms with Crippen LogP contribution in [0.2, 0.25) is 5.28 Å². The third-order valence-corrected chi connectivity index (χ3v) is 1.94. The smallest absolute Gasteiger partial charge is 0.264 e. The van der Waals surface area contributed by atoms with E-state index < -0.39 is 0 Å². The molecule has 2 rings (SSSR count). The fourth-order valence-electron chi connectivity index (χ4n) is 0.852. The SMILES string of the molecule is Clc1noc(-c2cncc(Br)c2)n1. The highest BCUT2D eigenvalue weighted by Gasteiger charge is 2.07. The Hall–Kier alpha value is -0.940. The fourth-order valence-corrected chi connectivity index (χ4v) is 1.33. The molecule has 0 atom stereocenters. The molecule has 13 heavy (non-hydrogen) atoms. The number of rotatable bonds is 1. The van der Waals surface area contributed by atoms with Crippen molar-refractivity contribution in [3.63, 3.8) is 0 Å². The van der Waals surface area contributed by atoms with Gasteiger partial charge in [0.25, 0.3) is 11.2 Å². The molecule has 0 aliphatic carbocycles. The van der Waals surface area contributed by atoms with Gasteiger partial charge in [-0.2, -0.15) is 4.98 Å². The van der Waals surface area contributed by atoms with E-state index in [4.69, 9.17) is 16.1 Å². The molecule has 0 spiro atoms. The zero-order valence-electron chi connectivity index (χ0n) is 6.24. The van der Waals surface area contributed by atoms with Crippen molar-refractivity contribution < 1.29 is 4.52 Å². The number of hydrogen-bond acceptors (Lipinski definition) is 4. The molecule has 0 amide bonds. The summed E-state index contributed by atoms with van der Waals surface area (Å²) in [5.74, 6) is 0.360. The molecule has 0 unspecified atom stereocenters. The molecule has 0 aliphatic rings. The van der Waals surface area contributed by atoms with E-state index in [0.29, 0.717) is 5.89 Å². The quantitative estimate of drug-likeness (QED) is 0.790. The van der Waals surface area contributed by atoms with E-state index in [9.17, 15) is 0 Å². The van der Waals surface area contributed by atoms with Crippen LogP contribution in [0.5, 0.6) is 0 Å². The lowest BCUT2D eigenvalue weighted by Crippen LogP contribution is -1.79. The van der Waals surface area contributed by atoms with Crippen molar-refractivity contribution in [1.29, 1.82) is 0 Å². The second kappa shape index (κ2) is 3.43. The Kier molecular flexibility index (Phi) is 2.28. The van der Waals surface area contributed by atoms with Gasteiger partial charge < -0.3 is 4.52 Å². The van der Waals surface area contributed by atoms with Gasteiger partial charge in [-0.1, -0.05) is 0 Å². The van der Waals surface area contributed by atoms with Crippen LogP contribution >= 0.6 is 27.5 Å². The summed E-state index contributed by atoms with van der Waals surface area (Å²) in [6, 6.07) is 1.82. The average molecular weight is 260 g/mol. The Bertz CT molecular complexity index is 431. The normalized spacial score (nSPS) is 10.3. The van der Waals surface area contributed by atoms with Crippen LogP contribution in [0.3, 0.4) is 0 Å². The minimum Gasteiger partial charge on any atom is -0.333 e. The number of aromatic nitrogens is 3. The molecule has 0 saturated carbocycles. The molecule has 0 bridgehead atoms. The van der Waals surface area contributed by atoms with Gasteiger partial charge in [0.15, 0.2) is 0 Å². The van der Waals surface area contributed by atoms with Crippen LogP contribution in [0.15, 0.2) is 27.5 Å². The summed E-state index contributed by atoms with van der Waals surface area (Å²) < 4.78 is 5.70. The zero-order valence-corrected chi connectivity index (χ0v) is 8.58. The maximum Gasteiger partial charge on any atom is 0.264 e. The first kappa shape index (κ1) is 8.65. The van der Waals surface area contributed by atoms with Crippen molar-refractivity contribution in [1.82, 2.24) is 15.1 Å². The van der Waals surface area contributed by atoms with Crippen molar-refractivity contribution in [2.45, 2.75) is 0 Å². The summed E-state index contributed by atoms with van der Waals surface area (Å²) in [4.78, 5) is 7.80. The van der Waals surface area contributed by atoms with Crippen molar-refractivity contribution in [2.75, 3.05) is 0 Å². The number of pyridine rings is 1. The van der Waals surface area contributed by atoms with E-state index in [1.165, 1.54) is 0 Å². The van der Waals surface area contributed by atoms with Crippen LogP contribution in [0.1, 0.15) is 0 Å². The van der Waals surface area contributed by atoms with Crippen LogP contribution in [0, 0.1) is 0 Å². The van der Waals surface area contributed by atoms with Crippen LogP contribution in [-0.4, -0.2) is 15.1 Å². The first-order chi connectivity index (χ1) is 6.25. The molecule has 0 aliphatic heterocycles. The van der Waals surface area contributed by atoms with Gasteiger partial charge in [-0.05, 0) is 38.8 Å². The second-order valence-corrected chi connectivity index (χ2v) is 3.51. The lowest BCUT2D eigenvalue weighted by atomic mass is 10.3. The van der Waals surface area contributed by atoms with Crippen molar-refractivity contribution >= 4 is 27.5 Å². The molecule has 6 heteroatoms. The summed E-state index contributed by atoms with van der Waals surface area (Å²) >= 11 is 8.78. The van der Waals surface area contributed by atoms with E-state index in [-0.39, 0.29) is 5.28 Å². The van der Waals surface area contributed by atoms with E-state index in [2.05, 4.69) is 31.1 Å². The molecule has 0 radical (unpaired) electrons. The molecular weight excluding hydrogens is 257 g/mol. The summed E-state index contributed by atoms with van der Waals surface area (Å²) in [7, 11) is 0. The zero-order chi connectivity index (χ0) is 9.26. The molecular formula is C7H3BrClN3O. The van der Waals surface area contributed by atoms with Gasteiger partial charge in [0.2, 0.25) is 0 Å². The standard InChI is InChI=1S/C7H3BrClN3O/c8-5-1-4(2-10-3-5)6-11-7(9)12-13-6/h1-3H. The third kappa shape index (κ3) is 1.87. The van der Waals surface area contributed by atoms with Crippen molar-refractivity contribution in [3.05, 3.63) is 28.2 Å². The lowest BCUT2D eigenvalue weighted by Gasteiger charge is -1.92. The van der Waals surface area contributed by atoms with Gasteiger partial charge in [-0.25, -0.2) is 0 Å². The minimum atomic E-state index is 0.0926. The van der Waals surface area contributed by atoms with Crippen molar-refractivity contribution in [2.24, 2.45) is 0 Å². The first-order valence-corrected chi connectivity index (χ1v) is 4.53. The highest BCUT2D eigenvalue weighted by atomic mass is 79.9. The predicted octanol–water partition coefficient (Wildman–Crippen LogP) is 2.55. The Morgan fingerprint density at radius 2 is 2.23 bits per heavy atom. The molecule has 0 fully saturated rings. The van der Waals surface area contributed by atoms with Gasteiger partial charge >= 0.3 is 0 Å². The van der Waals surface area contributed by atoms with E-state index in [1.807, 2.05) is 6.07 Å². The van der Waals surface area contributed by atoms with E-state index in [0.717, 1.165) is 10.0 Å². The highest BCUT2D eigenvalue weighted by molar-refractivity contribution is 9.10. The maximum atomic E-state index is 5.50. The molecule has 2 aromatic rings. The largest absolute Gasteiger partial charge is 0.333 e. The molecule has 2 heterocycles. The molecule has 4 nitrogen and oxygen atoms in total. The third-order valence-electron chi connectivity index (χ3n) is 1.35. The van der Waals surface area contributed by atoms with Gasteiger partial charge in [-0.15, -0.1) is 0 Å². The molecule has 2 aromatic heterocycles. The molecule has 0 N–H and O–H groups in total. The van der Waals surface area contributed by atoms with Crippen LogP contribution in [-0.2, 0) is 0 Å². The van der Waals surface area contributed by atoms with Crippen LogP contribution < -0.4 is 0 Å². The Labute approximate surface area is 87.1 Å². The Balaban J connectivity index is 2.46. The summed E-state index contributed by atoms with van der Waals surface area (Å²) in [5.41, 5.74) is 0.730. The molecule has 0 aromatic carbocycles. The Morgan fingerprint density at radius 1 is 1.38 bits per heavy atom. The number of hydrogen-bond donors (Lipinski definition) is 0. The minimum absolute atomic E-state index is 0.0926. The van der Waals surface area contributed by atoms with Crippen molar-refractivity contribution in [3.8, 4) is 11.5 Å². The van der Waals surface area contributed by atoms with Gasteiger partial charge in [0.05, 0.1) is 5.56 Å². The second-order valence-electron chi connectivity index (χ2n) is 2.26. The summed E-state index contributed by atoms with van der Waals surface area (Å²) in [6.45, 7) is 0. The van der Waals surface area contributed by atoms with Crippen LogP contribution in [0.25, 0.3) is 11.5 Å². The highest BCUT2D eigenvalue weighted by Crippen LogP contribution is 2.20. The number of halogens is 2. The number of nitrogens with zero attached hydrogens (tertiary/aromatic N) is 3. The predicted molar refractivity (Wildman–Crippen MR) is 50.2 cm³/mol. The van der Waals surface area contributed by atoms with Gasteiger partial charge in [0.1, 0.15) is 0 Å². The molecule has 66 valence electrons.